The lowest BCUT2D eigenvalue weighted by atomic mass is 10.2. The van der Waals surface area contributed by atoms with E-state index in [0.717, 1.165) is 53.2 Å². The number of furan rings is 1. The fourth-order valence-electron chi connectivity index (χ4n) is 3.20. The lowest BCUT2D eigenvalue weighted by molar-refractivity contribution is 0.490. The maximum atomic E-state index is 6.13. The summed E-state index contributed by atoms with van der Waals surface area (Å²) >= 11 is 6.13. The predicted molar refractivity (Wildman–Crippen MR) is 91.9 cm³/mol. The second-order valence-electron chi connectivity index (χ2n) is 5.84. The minimum atomic E-state index is 0.393. The van der Waals surface area contributed by atoms with Crippen molar-refractivity contribution in [1.82, 2.24) is 20.8 Å². The Labute approximate surface area is 138 Å². The van der Waals surface area contributed by atoms with Gasteiger partial charge in [-0.05, 0) is 38.6 Å². The summed E-state index contributed by atoms with van der Waals surface area (Å²) in [6, 6.07) is 6.00. The van der Waals surface area contributed by atoms with Crippen molar-refractivity contribution in [3.8, 4) is 0 Å². The molecule has 3 heterocycles. The van der Waals surface area contributed by atoms with Crippen molar-refractivity contribution in [3.63, 3.8) is 0 Å². The average Bonchev–Trinajstić information content (AvgIpc) is 3.12. The molecule has 3 aromatic rings. The van der Waals surface area contributed by atoms with Crippen LogP contribution in [0.25, 0.3) is 22.1 Å². The van der Waals surface area contributed by atoms with Crippen molar-refractivity contribution in [2.45, 2.75) is 19.4 Å². The first kappa shape index (κ1) is 14.7. The Balaban J connectivity index is 1.85. The van der Waals surface area contributed by atoms with Crippen LogP contribution in [-0.4, -0.2) is 36.1 Å². The highest BCUT2D eigenvalue weighted by Gasteiger charge is 2.27. The zero-order valence-corrected chi connectivity index (χ0v) is 13.8. The lowest BCUT2D eigenvalue weighted by Gasteiger charge is -2.18. The normalized spacial score (nSPS) is 18.4. The van der Waals surface area contributed by atoms with Crippen LogP contribution in [0.1, 0.15) is 12.2 Å². The number of aryl methyl sites for hydroxylation is 1. The molecule has 1 saturated heterocycles. The molecule has 1 aromatic carbocycles. The summed E-state index contributed by atoms with van der Waals surface area (Å²) in [4.78, 5) is 11.5. The van der Waals surface area contributed by atoms with E-state index < -0.39 is 0 Å². The molecule has 1 atom stereocenters. The summed E-state index contributed by atoms with van der Waals surface area (Å²) in [7, 11) is 1.89. The molecule has 6 nitrogen and oxygen atoms in total. The van der Waals surface area contributed by atoms with Gasteiger partial charge in [0.2, 0.25) is 0 Å². The third kappa shape index (κ3) is 2.52. The largest absolute Gasteiger partial charge is 0.450 e. The van der Waals surface area contributed by atoms with E-state index in [-0.39, 0.29) is 0 Å². The summed E-state index contributed by atoms with van der Waals surface area (Å²) in [5.41, 5.74) is 8.62. The van der Waals surface area contributed by atoms with Gasteiger partial charge in [0.15, 0.2) is 11.4 Å². The second kappa shape index (κ2) is 5.63. The van der Waals surface area contributed by atoms with E-state index >= 15 is 0 Å². The molecule has 23 heavy (non-hydrogen) atoms. The summed E-state index contributed by atoms with van der Waals surface area (Å²) in [6.07, 6.45) is 1.05. The first-order valence-electron chi connectivity index (χ1n) is 7.69. The van der Waals surface area contributed by atoms with Crippen LogP contribution in [0.15, 0.2) is 22.6 Å². The van der Waals surface area contributed by atoms with Gasteiger partial charge in [-0.25, -0.2) is 9.97 Å². The molecule has 0 amide bonds. The van der Waals surface area contributed by atoms with E-state index in [1.54, 1.807) is 0 Å². The molecule has 2 N–H and O–H groups in total. The molecule has 1 fully saturated rings. The predicted octanol–water partition coefficient (Wildman–Crippen LogP) is 2.64. The van der Waals surface area contributed by atoms with Crippen LogP contribution in [0, 0.1) is 6.92 Å². The Morgan fingerprint density at radius 1 is 1.35 bits per heavy atom. The number of anilines is 1. The summed E-state index contributed by atoms with van der Waals surface area (Å²) in [5, 5.41) is 1.61. The zero-order valence-electron chi connectivity index (χ0n) is 13.1. The summed E-state index contributed by atoms with van der Waals surface area (Å²) in [5.74, 6) is 1.60. The Morgan fingerprint density at radius 3 is 3.04 bits per heavy atom. The lowest BCUT2D eigenvalue weighted by Crippen LogP contribution is -2.40. The van der Waals surface area contributed by atoms with E-state index in [0.29, 0.717) is 11.1 Å². The number of hydrogen-bond acceptors (Lipinski definition) is 6. The highest BCUT2D eigenvalue weighted by Crippen LogP contribution is 2.35. The number of hydrogen-bond donors (Lipinski definition) is 2. The standard InChI is InChI=1S/C16H18ClN5O/c1-9-19-14-12-7-10(17)3-4-13(12)23-15(14)16(20-9)22-6-5-11(8-22)21-18-2/h3-4,7,11,18,21H,5-6,8H2,1-2H3. The molecule has 2 aromatic heterocycles. The van der Waals surface area contributed by atoms with Gasteiger partial charge >= 0.3 is 0 Å². The van der Waals surface area contributed by atoms with Crippen molar-refractivity contribution in [3.05, 3.63) is 29.0 Å². The molecule has 0 radical (unpaired) electrons. The van der Waals surface area contributed by atoms with Crippen molar-refractivity contribution in [2.24, 2.45) is 0 Å². The highest BCUT2D eigenvalue weighted by atomic mass is 35.5. The Hall–Kier alpha value is -1.89. The van der Waals surface area contributed by atoms with Crippen molar-refractivity contribution in [1.29, 1.82) is 0 Å². The van der Waals surface area contributed by atoms with Gasteiger partial charge in [0.1, 0.15) is 16.9 Å². The molecule has 0 aliphatic carbocycles. The molecule has 1 aliphatic rings. The molecule has 1 unspecified atom stereocenters. The molecule has 0 saturated carbocycles. The maximum Gasteiger partial charge on any atom is 0.196 e. The molecule has 120 valence electrons. The number of benzene rings is 1. The number of halogens is 1. The molecular weight excluding hydrogens is 314 g/mol. The van der Waals surface area contributed by atoms with Crippen LogP contribution in [0.2, 0.25) is 5.02 Å². The Bertz CT molecular complexity index is 878. The van der Waals surface area contributed by atoms with Gasteiger partial charge in [0.05, 0.1) is 0 Å². The molecule has 0 spiro atoms. The second-order valence-corrected chi connectivity index (χ2v) is 6.28. The van der Waals surface area contributed by atoms with Crippen LogP contribution < -0.4 is 15.8 Å². The topological polar surface area (TPSA) is 66.2 Å². The van der Waals surface area contributed by atoms with E-state index in [9.17, 15) is 0 Å². The van der Waals surface area contributed by atoms with Crippen molar-refractivity contribution < 1.29 is 4.42 Å². The Morgan fingerprint density at radius 2 is 2.22 bits per heavy atom. The quantitative estimate of drug-likeness (QED) is 0.719. The van der Waals surface area contributed by atoms with Gasteiger partial charge < -0.3 is 9.32 Å². The van der Waals surface area contributed by atoms with E-state index in [4.69, 9.17) is 16.0 Å². The third-order valence-electron chi connectivity index (χ3n) is 4.20. The van der Waals surface area contributed by atoms with Crippen LogP contribution in [0.4, 0.5) is 5.82 Å². The molecule has 4 rings (SSSR count). The third-order valence-corrected chi connectivity index (χ3v) is 4.44. The molecule has 1 aliphatic heterocycles. The van der Waals surface area contributed by atoms with Gasteiger partial charge in [0, 0.05) is 29.5 Å². The van der Waals surface area contributed by atoms with Gasteiger partial charge in [-0.15, -0.1) is 0 Å². The zero-order chi connectivity index (χ0) is 16.0. The first-order valence-corrected chi connectivity index (χ1v) is 8.07. The number of nitrogens with zero attached hydrogens (tertiary/aromatic N) is 3. The highest BCUT2D eigenvalue weighted by molar-refractivity contribution is 6.31. The van der Waals surface area contributed by atoms with Gasteiger partial charge in [-0.1, -0.05) is 11.6 Å². The molecule has 7 heteroatoms. The fraction of sp³-hybridized carbons (Fsp3) is 0.375. The van der Waals surface area contributed by atoms with Crippen molar-refractivity contribution >= 4 is 39.5 Å². The van der Waals surface area contributed by atoms with Crippen LogP contribution in [0.3, 0.4) is 0 Å². The average molecular weight is 332 g/mol. The van der Waals surface area contributed by atoms with Crippen LogP contribution in [-0.2, 0) is 0 Å². The minimum Gasteiger partial charge on any atom is -0.450 e. The number of hydrazine groups is 1. The smallest absolute Gasteiger partial charge is 0.196 e. The fourth-order valence-corrected chi connectivity index (χ4v) is 3.37. The number of nitrogens with one attached hydrogen (secondary N) is 2. The van der Waals surface area contributed by atoms with Crippen molar-refractivity contribution in [2.75, 3.05) is 25.0 Å². The van der Waals surface area contributed by atoms with E-state index in [1.165, 1.54) is 0 Å². The molecular formula is C16H18ClN5O. The number of rotatable bonds is 3. The van der Waals surface area contributed by atoms with E-state index in [1.807, 2.05) is 32.2 Å². The molecule has 0 bridgehead atoms. The SMILES string of the molecule is CNNC1CCN(c2nc(C)nc3c2oc2ccc(Cl)cc23)C1. The monoisotopic (exact) mass is 331 g/mol. The Kier molecular flexibility index (Phi) is 3.60. The summed E-state index contributed by atoms with van der Waals surface area (Å²) in [6.45, 7) is 3.72. The maximum absolute atomic E-state index is 6.13. The first-order chi connectivity index (χ1) is 11.2. The number of aromatic nitrogens is 2. The van der Waals surface area contributed by atoms with Gasteiger partial charge in [-0.2, -0.15) is 0 Å². The van der Waals surface area contributed by atoms with Crippen LogP contribution >= 0.6 is 11.6 Å². The van der Waals surface area contributed by atoms with Gasteiger partial charge in [-0.3, -0.25) is 10.9 Å². The van der Waals surface area contributed by atoms with E-state index in [2.05, 4.69) is 25.7 Å². The van der Waals surface area contributed by atoms with Gasteiger partial charge in [0.25, 0.3) is 0 Å². The van der Waals surface area contributed by atoms with Crippen LogP contribution in [0.5, 0.6) is 0 Å². The number of fused-ring (bicyclic) bond motifs is 3. The minimum absolute atomic E-state index is 0.393. The summed E-state index contributed by atoms with van der Waals surface area (Å²) < 4.78 is 6.04.